The van der Waals surface area contributed by atoms with Crippen LogP contribution in [0.25, 0.3) is 0 Å². The van der Waals surface area contributed by atoms with Crippen LogP contribution in [0, 0.1) is 5.41 Å². The van der Waals surface area contributed by atoms with Crippen molar-refractivity contribution in [1.29, 1.82) is 0 Å². The molecule has 1 heterocycles. The van der Waals surface area contributed by atoms with E-state index in [-0.39, 0.29) is 0 Å². The summed E-state index contributed by atoms with van der Waals surface area (Å²) in [6.45, 7) is 8.75. The molecule has 1 N–H and O–H groups in total. The molecule has 10 heavy (non-hydrogen) atoms. The summed E-state index contributed by atoms with van der Waals surface area (Å²) in [6.07, 6.45) is 5.08. The molecular weight excluding hydrogens is 124 g/mol. The second-order valence-electron chi connectivity index (χ2n) is 3.76. The molecule has 2 nitrogen and oxygen atoms in total. The summed E-state index contributed by atoms with van der Waals surface area (Å²) >= 11 is 0. The van der Waals surface area contributed by atoms with Crippen LogP contribution >= 0.6 is 0 Å². The first-order chi connectivity index (χ1) is 4.50. The summed E-state index contributed by atoms with van der Waals surface area (Å²) in [5.41, 5.74) is 0.500. The molecule has 0 spiro atoms. The number of hydrogen-bond acceptors (Lipinski definition) is 1. The van der Waals surface area contributed by atoms with Gasteiger partial charge in [0.15, 0.2) is 0 Å². The molecule has 1 rings (SSSR count). The Labute approximate surface area is 62.7 Å². The molecule has 0 aliphatic rings. The molecule has 0 fully saturated rings. The Hall–Kier alpha value is -0.790. The van der Waals surface area contributed by atoms with E-state index in [1.54, 1.807) is 18.7 Å². The second-order valence-corrected chi connectivity index (χ2v) is 3.76. The van der Waals surface area contributed by atoms with Gasteiger partial charge < -0.3 is 4.98 Å². The predicted molar refractivity (Wildman–Crippen MR) is 43.7 cm³/mol. The number of aromatic amines is 1. The molecular formula is C8H16N2. The molecule has 0 saturated carbocycles. The van der Waals surface area contributed by atoms with E-state index in [2.05, 4.69) is 37.7 Å². The van der Waals surface area contributed by atoms with Crippen LogP contribution in [0.1, 0.15) is 27.7 Å². The Morgan fingerprint density at radius 3 is 1.80 bits per heavy atom. The van der Waals surface area contributed by atoms with Gasteiger partial charge in [-0.2, -0.15) is 0 Å². The van der Waals surface area contributed by atoms with Crippen molar-refractivity contribution >= 4 is 0 Å². The minimum atomic E-state index is 0.500. The van der Waals surface area contributed by atoms with Crippen molar-refractivity contribution in [3.05, 3.63) is 18.7 Å². The third-order valence-electron chi connectivity index (χ3n) is 0.406. The highest BCUT2D eigenvalue weighted by Crippen LogP contribution is 2.07. The first kappa shape index (κ1) is 9.21. The van der Waals surface area contributed by atoms with Crippen LogP contribution in [0.15, 0.2) is 18.7 Å². The van der Waals surface area contributed by atoms with E-state index in [0.717, 1.165) is 0 Å². The van der Waals surface area contributed by atoms with Crippen molar-refractivity contribution in [3.63, 3.8) is 0 Å². The van der Waals surface area contributed by atoms with Crippen LogP contribution in [0.2, 0.25) is 0 Å². The first-order valence-corrected chi connectivity index (χ1v) is 3.43. The molecule has 0 atom stereocenters. The summed E-state index contributed by atoms with van der Waals surface area (Å²) in [5, 5.41) is 0. The smallest absolute Gasteiger partial charge is 0.0919 e. The largest absolute Gasteiger partial charge is 0.351 e. The Balaban J connectivity index is 0.000000162. The molecule has 0 radical (unpaired) electrons. The summed E-state index contributed by atoms with van der Waals surface area (Å²) in [4.78, 5) is 6.42. The molecule has 0 bridgehead atoms. The lowest BCUT2D eigenvalue weighted by molar-refractivity contribution is 0.469. The van der Waals surface area contributed by atoms with Gasteiger partial charge in [-0.05, 0) is 5.41 Å². The van der Waals surface area contributed by atoms with Crippen molar-refractivity contribution < 1.29 is 0 Å². The van der Waals surface area contributed by atoms with E-state index < -0.39 is 0 Å². The number of imidazole rings is 1. The fourth-order valence-electron chi connectivity index (χ4n) is 0.215. The van der Waals surface area contributed by atoms with Gasteiger partial charge in [0.25, 0.3) is 0 Å². The van der Waals surface area contributed by atoms with E-state index in [4.69, 9.17) is 0 Å². The molecule has 0 aromatic carbocycles. The zero-order valence-corrected chi connectivity index (χ0v) is 7.18. The molecule has 1 aromatic heterocycles. The highest BCUT2D eigenvalue weighted by Gasteiger charge is 1.95. The maximum Gasteiger partial charge on any atom is 0.0919 e. The van der Waals surface area contributed by atoms with E-state index in [9.17, 15) is 0 Å². The molecule has 1 aromatic rings. The van der Waals surface area contributed by atoms with Gasteiger partial charge in [0, 0.05) is 12.4 Å². The SMILES string of the molecule is CC(C)(C)C.c1c[nH]cn1. The lowest BCUT2D eigenvalue weighted by atomic mass is 10.0. The fourth-order valence-corrected chi connectivity index (χ4v) is 0.215. The number of rotatable bonds is 0. The Morgan fingerprint density at radius 1 is 1.20 bits per heavy atom. The molecule has 58 valence electrons. The van der Waals surface area contributed by atoms with Crippen LogP contribution in [-0.2, 0) is 0 Å². The van der Waals surface area contributed by atoms with Crippen molar-refractivity contribution in [2.24, 2.45) is 5.41 Å². The molecule has 0 aliphatic carbocycles. The highest BCUT2D eigenvalue weighted by molar-refractivity contribution is 4.64. The van der Waals surface area contributed by atoms with E-state index in [1.807, 2.05) is 0 Å². The number of aromatic nitrogens is 2. The Bertz CT molecular complexity index is 114. The quantitative estimate of drug-likeness (QED) is 0.589. The monoisotopic (exact) mass is 140 g/mol. The number of nitrogens with one attached hydrogen (secondary N) is 1. The predicted octanol–water partition coefficient (Wildman–Crippen LogP) is 2.46. The standard InChI is InChI=1S/C5H12.C3H4N2/c1-5(2,3)4;1-2-5-3-4-1/h1-4H3;1-3H,(H,4,5). The molecule has 0 saturated heterocycles. The van der Waals surface area contributed by atoms with Gasteiger partial charge in [-0.1, -0.05) is 27.7 Å². The maximum atomic E-state index is 3.67. The first-order valence-electron chi connectivity index (χ1n) is 3.43. The highest BCUT2D eigenvalue weighted by atomic mass is 14.8. The minimum Gasteiger partial charge on any atom is -0.351 e. The summed E-state index contributed by atoms with van der Waals surface area (Å²) < 4.78 is 0. The van der Waals surface area contributed by atoms with Gasteiger partial charge in [0.05, 0.1) is 6.33 Å². The molecule has 0 aliphatic heterocycles. The fraction of sp³-hybridized carbons (Fsp3) is 0.625. The van der Waals surface area contributed by atoms with Gasteiger partial charge in [0.1, 0.15) is 0 Å². The summed E-state index contributed by atoms with van der Waals surface area (Å²) in [6, 6.07) is 0. The zero-order valence-electron chi connectivity index (χ0n) is 7.18. The lowest BCUT2D eigenvalue weighted by Crippen LogP contribution is -1.93. The van der Waals surface area contributed by atoms with Gasteiger partial charge in [0.2, 0.25) is 0 Å². The Kier molecular flexibility index (Phi) is 3.77. The van der Waals surface area contributed by atoms with Crippen LogP contribution in [0.3, 0.4) is 0 Å². The van der Waals surface area contributed by atoms with Crippen LogP contribution in [0.4, 0.5) is 0 Å². The second kappa shape index (κ2) is 4.09. The van der Waals surface area contributed by atoms with E-state index in [1.165, 1.54) is 0 Å². The average Bonchev–Trinajstić information content (AvgIpc) is 2.07. The van der Waals surface area contributed by atoms with Crippen molar-refractivity contribution in [1.82, 2.24) is 9.97 Å². The number of H-pyrrole nitrogens is 1. The van der Waals surface area contributed by atoms with Gasteiger partial charge in [-0.15, -0.1) is 0 Å². The van der Waals surface area contributed by atoms with E-state index in [0.29, 0.717) is 5.41 Å². The third kappa shape index (κ3) is 15.7. The van der Waals surface area contributed by atoms with Crippen LogP contribution < -0.4 is 0 Å². The number of hydrogen-bond donors (Lipinski definition) is 1. The van der Waals surface area contributed by atoms with E-state index >= 15 is 0 Å². The molecule has 0 unspecified atom stereocenters. The zero-order chi connectivity index (χ0) is 8.04. The molecule has 0 amide bonds. The Morgan fingerprint density at radius 2 is 1.70 bits per heavy atom. The van der Waals surface area contributed by atoms with Gasteiger partial charge in [-0.3, -0.25) is 0 Å². The van der Waals surface area contributed by atoms with Gasteiger partial charge >= 0.3 is 0 Å². The topological polar surface area (TPSA) is 28.7 Å². The van der Waals surface area contributed by atoms with Crippen LogP contribution in [-0.4, -0.2) is 9.97 Å². The number of nitrogens with zero attached hydrogens (tertiary/aromatic N) is 1. The maximum absolute atomic E-state index is 3.67. The van der Waals surface area contributed by atoms with Crippen molar-refractivity contribution in [2.45, 2.75) is 27.7 Å². The van der Waals surface area contributed by atoms with Crippen LogP contribution in [0.5, 0.6) is 0 Å². The molecule has 2 heteroatoms. The lowest BCUT2D eigenvalue weighted by Gasteiger charge is -2.05. The van der Waals surface area contributed by atoms with Gasteiger partial charge in [-0.25, -0.2) is 4.98 Å². The summed E-state index contributed by atoms with van der Waals surface area (Å²) in [7, 11) is 0. The third-order valence-corrected chi connectivity index (χ3v) is 0.406. The van der Waals surface area contributed by atoms with Crippen molar-refractivity contribution in [3.8, 4) is 0 Å². The average molecular weight is 140 g/mol. The minimum absolute atomic E-state index is 0.500. The summed E-state index contributed by atoms with van der Waals surface area (Å²) in [5.74, 6) is 0. The normalized spacial score (nSPS) is 10.0. The van der Waals surface area contributed by atoms with Crippen molar-refractivity contribution in [2.75, 3.05) is 0 Å².